The Morgan fingerprint density at radius 3 is 2.59 bits per heavy atom. The normalized spacial score (nSPS) is 14.6. The van der Waals surface area contributed by atoms with Gasteiger partial charge in [-0.1, -0.05) is 0 Å². The Morgan fingerprint density at radius 2 is 1.91 bits per heavy atom. The van der Waals surface area contributed by atoms with Gasteiger partial charge in [-0.25, -0.2) is 4.57 Å². The number of aryl methyl sites for hydroxylation is 2. The van der Waals surface area contributed by atoms with Crippen LogP contribution in [0, 0.1) is 6.92 Å². The molecular formula is C17H28BrN3O. The van der Waals surface area contributed by atoms with Crippen LogP contribution in [0.2, 0.25) is 0 Å². The molecule has 0 aliphatic carbocycles. The molecule has 1 N–H and O–H groups in total. The average molecular weight is 370 g/mol. The van der Waals surface area contributed by atoms with E-state index in [9.17, 15) is 4.79 Å². The van der Waals surface area contributed by atoms with Crippen molar-refractivity contribution < 1.29 is 26.3 Å². The third kappa shape index (κ3) is 7.36. The Labute approximate surface area is 144 Å². The SMILES string of the molecule is Cc1cc[n+](CCC(=O)NCCCCN2CCCC2)cc1.[Br-]. The van der Waals surface area contributed by atoms with Crippen molar-refractivity contribution >= 4 is 5.91 Å². The number of carbonyl (C=O) groups is 1. The largest absolute Gasteiger partial charge is 1.00 e. The van der Waals surface area contributed by atoms with Gasteiger partial charge in [-0.05, 0) is 57.8 Å². The van der Waals surface area contributed by atoms with Gasteiger partial charge in [-0.2, -0.15) is 0 Å². The van der Waals surface area contributed by atoms with Gasteiger partial charge >= 0.3 is 0 Å². The molecule has 0 radical (unpaired) electrons. The zero-order valence-corrected chi connectivity index (χ0v) is 15.1. The molecule has 0 bridgehead atoms. The summed E-state index contributed by atoms with van der Waals surface area (Å²) in [6.45, 7) is 7.35. The van der Waals surface area contributed by atoms with E-state index in [4.69, 9.17) is 0 Å². The van der Waals surface area contributed by atoms with Gasteiger partial charge in [0.2, 0.25) is 5.91 Å². The van der Waals surface area contributed by atoms with E-state index in [2.05, 4.69) is 33.8 Å². The van der Waals surface area contributed by atoms with Crippen molar-refractivity contribution in [3.63, 3.8) is 0 Å². The molecule has 4 nitrogen and oxygen atoms in total. The van der Waals surface area contributed by atoms with E-state index in [0.717, 1.165) is 19.5 Å². The summed E-state index contributed by atoms with van der Waals surface area (Å²) in [6, 6.07) is 4.13. The number of hydrogen-bond donors (Lipinski definition) is 1. The highest BCUT2D eigenvalue weighted by Crippen LogP contribution is 2.07. The first-order valence-corrected chi connectivity index (χ1v) is 8.19. The Bertz CT molecular complexity index is 430. The van der Waals surface area contributed by atoms with Crippen LogP contribution in [0.5, 0.6) is 0 Å². The molecule has 124 valence electrons. The van der Waals surface area contributed by atoms with E-state index >= 15 is 0 Å². The quantitative estimate of drug-likeness (QED) is 0.455. The van der Waals surface area contributed by atoms with Gasteiger partial charge in [0.1, 0.15) is 0 Å². The molecule has 1 saturated heterocycles. The Kier molecular flexibility index (Phi) is 9.32. The van der Waals surface area contributed by atoms with Gasteiger partial charge in [0, 0.05) is 18.7 Å². The third-order valence-electron chi connectivity index (χ3n) is 4.08. The number of amides is 1. The van der Waals surface area contributed by atoms with Crippen LogP contribution in [-0.4, -0.2) is 37.0 Å². The third-order valence-corrected chi connectivity index (χ3v) is 4.08. The molecule has 1 aromatic heterocycles. The minimum Gasteiger partial charge on any atom is -1.00 e. The Balaban J connectivity index is 0.00000242. The molecule has 0 saturated carbocycles. The van der Waals surface area contributed by atoms with E-state index in [1.807, 2.05) is 12.4 Å². The summed E-state index contributed by atoms with van der Waals surface area (Å²) in [6.07, 6.45) is 9.59. The van der Waals surface area contributed by atoms with Gasteiger partial charge in [0.25, 0.3) is 0 Å². The maximum Gasteiger partial charge on any atom is 0.226 e. The Morgan fingerprint density at radius 1 is 1.23 bits per heavy atom. The number of halogens is 1. The van der Waals surface area contributed by atoms with Gasteiger partial charge in [-0.3, -0.25) is 4.79 Å². The van der Waals surface area contributed by atoms with E-state index in [1.165, 1.54) is 44.5 Å². The van der Waals surface area contributed by atoms with Crippen LogP contribution in [0.25, 0.3) is 0 Å². The summed E-state index contributed by atoms with van der Waals surface area (Å²) < 4.78 is 2.06. The molecule has 1 amide bonds. The van der Waals surface area contributed by atoms with Crippen molar-refractivity contribution in [1.29, 1.82) is 0 Å². The molecule has 0 atom stereocenters. The van der Waals surface area contributed by atoms with Crippen molar-refractivity contribution in [2.45, 2.75) is 45.6 Å². The summed E-state index contributed by atoms with van der Waals surface area (Å²) in [5.74, 6) is 0.157. The van der Waals surface area contributed by atoms with Crippen molar-refractivity contribution in [2.75, 3.05) is 26.2 Å². The fraction of sp³-hybridized carbons (Fsp3) is 0.647. The minimum atomic E-state index is 0. The van der Waals surface area contributed by atoms with Crippen LogP contribution in [0.3, 0.4) is 0 Å². The standard InChI is InChI=1S/C17H27N3O.BrH/c1-16-6-13-20(14-7-16)15-8-17(21)18-9-2-3-10-19-11-4-5-12-19;/h6-7,13-14H,2-5,8-12,15H2,1H3;1H. The average Bonchev–Trinajstić information content (AvgIpc) is 2.99. The lowest BCUT2D eigenvalue weighted by Gasteiger charge is -2.13. The predicted molar refractivity (Wildman–Crippen MR) is 83.9 cm³/mol. The molecular weight excluding hydrogens is 342 g/mol. The number of pyridine rings is 1. The van der Waals surface area contributed by atoms with Crippen LogP contribution in [0.4, 0.5) is 0 Å². The number of nitrogens with one attached hydrogen (secondary N) is 1. The molecule has 0 spiro atoms. The fourth-order valence-corrected chi connectivity index (χ4v) is 2.69. The molecule has 1 aromatic rings. The number of nitrogens with zero attached hydrogens (tertiary/aromatic N) is 2. The van der Waals surface area contributed by atoms with Gasteiger partial charge in [-0.15, -0.1) is 0 Å². The molecule has 1 aliphatic rings. The molecule has 2 heterocycles. The van der Waals surface area contributed by atoms with Crippen LogP contribution in [0.15, 0.2) is 24.5 Å². The predicted octanol–water partition coefficient (Wildman–Crippen LogP) is -1.33. The molecule has 22 heavy (non-hydrogen) atoms. The van der Waals surface area contributed by atoms with Crippen molar-refractivity contribution in [3.8, 4) is 0 Å². The highest BCUT2D eigenvalue weighted by atomic mass is 79.9. The first kappa shape index (κ1) is 19.1. The maximum absolute atomic E-state index is 11.8. The number of rotatable bonds is 8. The first-order chi connectivity index (χ1) is 10.2. The van der Waals surface area contributed by atoms with Gasteiger partial charge in [0.15, 0.2) is 18.9 Å². The second-order valence-electron chi connectivity index (χ2n) is 5.97. The van der Waals surface area contributed by atoms with Gasteiger partial charge < -0.3 is 27.2 Å². The van der Waals surface area contributed by atoms with E-state index in [1.54, 1.807) is 0 Å². The van der Waals surface area contributed by atoms with E-state index < -0.39 is 0 Å². The second kappa shape index (κ2) is 10.7. The maximum atomic E-state index is 11.8. The van der Waals surface area contributed by atoms with E-state index in [-0.39, 0.29) is 22.9 Å². The molecule has 1 aliphatic heterocycles. The highest BCUT2D eigenvalue weighted by Gasteiger charge is 2.10. The van der Waals surface area contributed by atoms with Crippen molar-refractivity contribution in [1.82, 2.24) is 10.2 Å². The second-order valence-corrected chi connectivity index (χ2v) is 5.97. The zero-order valence-electron chi connectivity index (χ0n) is 13.6. The summed E-state index contributed by atoms with van der Waals surface area (Å²) >= 11 is 0. The number of aromatic nitrogens is 1. The minimum absolute atomic E-state index is 0. The zero-order chi connectivity index (χ0) is 14.9. The summed E-state index contributed by atoms with van der Waals surface area (Å²) in [5, 5.41) is 3.02. The number of hydrogen-bond acceptors (Lipinski definition) is 2. The fourth-order valence-electron chi connectivity index (χ4n) is 2.69. The van der Waals surface area contributed by atoms with Crippen LogP contribution < -0.4 is 26.9 Å². The van der Waals surface area contributed by atoms with Crippen LogP contribution >= 0.6 is 0 Å². The van der Waals surface area contributed by atoms with Crippen LogP contribution in [0.1, 0.15) is 37.7 Å². The summed E-state index contributed by atoms with van der Waals surface area (Å²) in [5.41, 5.74) is 1.24. The van der Waals surface area contributed by atoms with Crippen LogP contribution in [-0.2, 0) is 11.3 Å². The first-order valence-electron chi connectivity index (χ1n) is 8.19. The lowest BCUT2D eigenvalue weighted by Crippen LogP contribution is -3.00. The van der Waals surface area contributed by atoms with Crippen molar-refractivity contribution in [2.24, 2.45) is 0 Å². The summed E-state index contributed by atoms with van der Waals surface area (Å²) in [4.78, 5) is 14.3. The number of carbonyl (C=O) groups excluding carboxylic acids is 1. The molecule has 0 unspecified atom stereocenters. The molecule has 5 heteroatoms. The Hall–Kier alpha value is -0.940. The lowest BCUT2D eigenvalue weighted by atomic mass is 10.3. The highest BCUT2D eigenvalue weighted by molar-refractivity contribution is 5.75. The number of likely N-dealkylation sites (tertiary alicyclic amines) is 1. The van der Waals surface area contributed by atoms with Gasteiger partial charge in [0.05, 0.1) is 6.42 Å². The number of unbranched alkanes of at least 4 members (excludes halogenated alkanes) is 1. The van der Waals surface area contributed by atoms with E-state index in [0.29, 0.717) is 6.42 Å². The lowest BCUT2D eigenvalue weighted by molar-refractivity contribution is -0.695. The molecule has 2 rings (SSSR count). The summed E-state index contributed by atoms with van der Waals surface area (Å²) in [7, 11) is 0. The molecule has 1 fully saturated rings. The molecule has 0 aromatic carbocycles. The topological polar surface area (TPSA) is 36.2 Å². The van der Waals surface area contributed by atoms with Crippen molar-refractivity contribution in [3.05, 3.63) is 30.1 Å². The smallest absolute Gasteiger partial charge is 0.226 e. The monoisotopic (exact) mass is 369 g/mol.